The van der Waals surface area contributed by atoms with E-state index in [0.717, 1.165) is 42.8 Å². The minimum absolute atomic E-state index is 0.0829. The zero-order valence-electron chi connectivity index (χ0n) is 17.3. The summed E-state index contributed by atoms with van der Waals surface area (Å²) in [5.74, 6) is 1.79. The topological polar surface area (TPSA) is 89.7 Å². The van der Waals surface area contributed by atoms with Crippen LogP contribution in [0, 0.1) is 0 Å². The summed E-state index contributed by atoms with van der Waals surface area (Å²) in [6.45, 7) is 3.09. The first kappa shape index (κ1) is 21.1. The number of carbonyl (C=O) groups is 1. The lowest BCUT2D eigenvalue weighted by molar-refractivity contribution is -0.0538. The van der Waals surface area contributed by atoms with E-state index < -0.39 is 6.09 Å². The van der Waals surface area contributed by atoms with Gasteiger partial charge in [0, 0.05) is 18.1 Å². The molecule has 9 heteroatoms. The number of aromatic nitrogens is 3. The predicted molar refractivity (Wildman–Crippen MR) is 111 cm³/mol. The van der Waals surface area contributed by atoms with Crippen molar-refractivity contribution in [2.75, 3.05) is 13.7 Å². The summed E-state index contributed by atoms with van der Waals surface area (Å²) in [4.78, 5) is 13.0. The number of halogens is 1. The number of benzene rings is 1. The highest BCUT2D eigenvalue weighted by Crippen LogP contribution is 2.37. The average Bonchev–Trinajstić information content (AvgIpc) is 3.04. The number of methoxy groups -OCH3 is 1. The normalized spacial score (nSPS) is 22.2. The van der Waals surface area contributed by atoms with Crippen LogP contribution in [0.4, 0.5) is 4.79 Å². The molecule has 1 atom stereocenters. The Kier molecular flexibility index (Phi) is 6.26. The Bertz CT molecular complexity index is 910. The molecule has 1 aliphatic heterocycles. The van der Waals surface area contributed by atoms with Gasteiger partial charge in [-0.2, -0.15) is 0 Å². The van der Waals surface area contributed by atoms with Crippen LogP contribution in [-0.2, 0) is 22.6 Å². The molecule has 0 radical (unpaired) electrons. The van der Waals surface area contributed by atoms with E-state index in [0.29, 0.717) is 17.5 Å². The van der Waals surface area contributed by atoms with E-state index >= 15 is 0 Å². The molecule has 1 aromatic heterocycles. The second-order valence-corrected chi connectivity index (χ2v) is 8.53. The zero-order valence-corrected chi connectivity index (χ0v) is 18.0. The maximum absolute atomic E-state index is 11.7. The van der Waals surface area contributed by atoms with Crippen molar-refractivity contribution in [1.29, 1.82) is 0 Å². The summed E-state index contributed by atoms with van der Waals surface area (Å²) in [5, 5.41) is 19.0. The fraction of sp³-hybridized carbons (Fsp3) is 0.571. The number of carboxylic acid groups (broad SMARTS) is 1. The maximum atomic E-state index is 11.7. The van der Waals surface area contributed by atoms with Crippen LogP contribution in [0.2, 0.25) is 5.02 Å². The molecule has 1 aliphatic carbocycles. The van der Waals surface area contributed by atoms with Gasteiger partial charge in [0.2, 0.25) is 0 Å². The lowest BCUT2D eigenvalue weighted by Crippen LogP contribution is -2.28. The van der Waals surface area contributed by atoms with Gasteiger partial charge in [-0.1, -0.05) is 11.6 Å². The second-order valence-electron chi connectivity index (χ2n) is 8.10. The van der Waals surface area contributed by atoms with Crippen LogP contribution < -0.4 is 0 Å². The highest BCUT2D eigenvalue weighted by molar-refractivity contribution is 6.30. The third-order valence-electron chi connectivity index (χ3n) is 5.87. The summed E-state index contributed by atoms with van der Waals surface area (Å²) in [6.07, 6.45) is 3.14. The summed E-state index contributed by atoms with van der Waals surface area (Å²) < 4.78 is 13.3. The first-order valence-electron chi connectivity index (χ1n) is 10.3. The first-order valence-corrected chi connectivity index (χ1v) is 10.7. The molecular formula is C21H27ClN4O4. The lowest BCUT2D eigenvalue weighted by Gasteiger charge is -2.30. The van der Waals surface area contributed by atoms with E-state index in [1.165, 1.54) is 4.90 Å². The van der Waals surface area contributed by atoms with E-state index in [4.69, 9.17) is 21.1 Å². The quantitative estimate of drug-likeness (QED) is 0.765. The van der Waals surface area contributed by atoms with Crippen molar-refractivity contribution in [2.45, 2.75) is 63.8 Å². The Morgan fingerprint density at radius 3 is 2.73 bits per heavy atom. The van der Waals surface area contributed by atoms with Gasteiger partial charge in [-0.15, -0.1) is 10.2 Å². The van der Waals surface area contributed by atoms with E-state index in [1.54, 1.807) is 7.11 Å². The molecule has 2 aliphatic rings. The smallest absolute Gasteiger partial charge is 0.408 e. The molecule has 1 N–H and O–H groups in total. The lowest BCUT2D eigenvalue weighted by atomic mass is 9.86. The van der Waals surface area contributed by atoms with Crippen LogP contribution in [-0.4, -0.2) is 56.8 Å². The van der Waals surface area contributed by atoms with Crippen molar-refractivity contribution < 1.29 is 19.4 Å². The van der Waals surface area contributed by atoms with Crippen LogP contribution in [0.1, 0.15) is 55.7 Å². The van der Waals surface area contributed by atoms with Crippen LogP contribution in [0.15, 0.2) is 18.2 Å². The molecule has 1 amide bonds. The van der Waals surface area contributed by atoms with E-state index in [1.807, 2.05) is 29.7 Å². The molecular weight excluding hydrogens is 408 g/mol. The summed E-state index contributed by atoms with van der Waals surface area (Å²) in [7, 11) is 1.68. The Hall–Kier alpha value is -2.16. The zero-order chi connectivity index (χ0) is 21.3. The number of amides is 1. The van der Waals surface area contributed by atoms with Gasteiger partial charge in [-0.3, -0.25) is 9.47 Å². The molecule has 30 heavy (non-hydrogen) atoms. The van der Waals surface area contributed by atoms with Crippen molar-refractivity contribution >= 4 is 17.7 Å². The summed E-state index contributed by atoms with van der Waals surface area (Å²) >= 11 is 6.20. The molecule has 0 spiro atoms. The molecule has 0 saturated heterocycles. The van der Waals surface area contributed by atoms with Gasteiger partial charge >= 0.3 is 6.09 Å². The molecule has 0 bridgehead atoms. The SMILES string of the molecule is COCC(C)OC1CCC(c2nnc3n2-c2ccc(Cl)cc2CN(C(=O)O)C3)CC1. The van der Waals surface area contributed by atoms with Crippen molar-refractivity contribution in [3.05, 3.63) is 40.4 Å². The Morgan fingerprint density at radius 2 is 2.03 bits per heavy atom. The fourth-order valence-corrected chi connectivity index (χ4v) is 4.68. The third kappa shape index (κ3) is 4.31. The molecule has 162 valence electrons. The maximum Gasteiger partial charge on any atom is 0.408 e. The predicted octanol–water partition coefficient (Wildman–Crippen LogP) is 3.99. The van der Waals surface area contributed by atoms with Crippen molar-refractivity contribution in [1.82, 2.24) is 19.7 Å². The molecule has 2 heterocycles. The van der Waals surface area contributed by atoms with Gasteiger partial charge in [0.1, 0.15) is 5.82 Å². The van der Waals surface area contributed by atoms with Crippen LogP contribution >= 0.6 is 11.6 Å². The van der Waals surface area contributed by atoms with E-state index in [2.05, 4.69) is 10.2 Å². The van der Waals surface area contributed by atoms with Gasteiger partial charge in [-0.05, 0) is 56.4 Å². The third-order valence-corrected chi connectivity index (χ3v) is 6.10. The Morgan fingerprint density at radius 1 is 1.27 bits per heavy atom. The minimum atomic E-state index is -0.984. The highest BCUT2D eigenvalue weighted by atomic mass is 35.5. The molecule has 1 unspecified atom stereocenters. The molecule has 2 aromatic rings. The molecule has 8 nitrogen and oxygen atoms in total. The Labute approximate surface area is 180 Å². The van der Waals surface area contributed by atoms with Crippen LogP contribution in [0.3, 0.4) is 0 Å². The number of nitrogens with zero attached hydrogens (tertiary/aromatic N) is 4. The van der Waals surface area contributed by atoms with Crippen LogP contribution in [0.25, 0.3) is 5.69 Å². The molecule has 1 fully saturated rings. The van der Waals surface area contributed by atoms with E-state index in [9.17, 15) is 9.90 Å². The van der Waals surface area contributed by atoms with Gasteiger partial charge in [-0.25, -0.2) is 4.79 Å². The minimum Gasteiger partial charge on any atom is -0.465 e. The monoisotopic (exact) mass is 434 g/mol. The first-order chi connectivity index (χ1) is 14.5. The van der Waals surface area contributed by atoms with Crippen LogP contribution in [0.5, 0.6) is 0 Å². The molecule has 4 rings (SSSR count). The molecule has 1 aromatic carbocycles. The number of fused-ring (bicyclic) bond motifs is 3. The Balaban J connectivity index is 1.59. The van der Waals surface area contributed by atoms with Crippen molar-refractivity contribution in [3.8, 4) is 5.69 Å². The van der Waals surface area contributed by atoms with Crippen molar-refractivity contribution in [2.24, 2.45) is 0 Å². The van der Waals surface area contributed by atoms with Crippen molar-refractivity contribution in [3.63, 3.8) is 0 Å². The number of hydrogen-bond donors (Lipinski definition) is 1. The molecule has 1 saturated carbocycles. The van der Waals surface area contributed by atoms with Gasteiger partial charge in [0.15, 0.2) is 5.82 Å². The van der Waals surface area contributed by atoms with Gasteiger partial charge in [0.25, 0.3) is 0 Å². The number of hydrogen-bond acceptors (Lipinski definition) is 5. The van der Waals surface area contributed by atoms with Gasteiger partial charge < -0.3 is 14.6 Å². The summed E-state index contributed by atoms with van der Waals surface area (Å²) in [5.41, 5.74) is 1.76. The largest absolute Gasteiger partial charge is 0.465 e. The van der Waals surface area contributed by atoms with Gasteiger partial charge in [0.05, 0.1) is 37.6 Å². The summed E-state index contributed by atoms with van der Waals surface area (Å²) in [6, 6.07) is 5.58. The number of rotatable bonds is 5. The second kappa shape index (κ2) is 8.91. The fourth-order valence-electron chi connectivity index (χ4n) is 4.49. The number of ether oxygens (including phenoxy) is 2. The standard InChI is InChI=1S/C21H27ClN4O4/c1-13(12-29-2)30-17-6-3-14(4-7-17)20-24-23-19-11-25(21(27)28)10-15-9-16(22)5-8-18(15)26(19)20/h5,8-9,13-14,17H,3-4,6-7,10-12H2,1-2H3,(H,27,28). The average molecular weight is 435 g/mol. The highest BCUT2D eigenvalue weighted by Gasteiger charge is 2.32. The van der Waals surface area contributed by atoms with E-state index in [-0.39, 0.29) is 31.2 Å².